The van der Waals surface area contributed by atoms with Crippen molar-refractivity contribution in [2.45, 2.75) is 69.8 Å². The van der Waals surface area contributed by atoms with Gasteiger partial charge in [0.25, 0.3) is 0 Å². The highest BCUT2D eigenvalue weighted by Crippen LogP contribution is 2.56. The van der Waals surface area contributed by atoms with E-state index < -0.39 is 12.2 Å². The van der Waals surface area contributed by atoms with Gasteiger partial charge < -0.3 is 14.9 Å². The summed E-state index contributed by atoms with van der Waals surface area (Å²) in [4.78, 5) is 12.5. The number of benzene rings is 1. The van der Waals surface area contributed by atoms with Crippen molar-refractivity contribution in [1.29, 1.82) is 0 Å². The highest BCUT2D eigenvalue weighted by Gasteiger charge is 2.46. The average Bonchev–Trinajstić information content (AvgIpc) is 3.13. The number of rotatable bonds is 4. The zero-order valence-electron chi connectivity index (χ0n) is 19.5. The first-order valence-corrected chi connectivity index (χ1v) is 12.7. The molecule has 0 radical (unpaired) electrons. The van der Waals surface area contributed by atoms with Crippen molar-refractivity contribution >= 4 is 17.1 Å². The lowest BCUT2D eigenvalue weighted by atomic mass is 9.64. The van der Waals surface area contributed by atoms with Gasteiger partial charge in [-0.15, -0.1) is 0 Å². The first-order valence-electron chi connectivity index (χ1n) is 11.9. The van der Waals surface area contributed by atoms with E-state index in [9.17, 15) is 15.0 Å². The summed E-state index contributed by atoms with van der Waals surface area (Å²) in [6.07, 6.45) is 10.6. The Bertz CT molecular complexity index is 992. The third-order valence-corrected chi connectivity index (χ3v) is 8.41. The molecule has 4 nitrogen and oxygen atoms in total. The number of para-hydroxylation sites is 1. The van der Waals surface area contributed by atoms with Gasteiger partial charge in [-0.25, -0.2) is 4.79 Å². The van der Waals surface area contributed by atoms with Crippen LogP contribution < -0.4 is 4.74 Å². The summed E-state index contributed by atoms with van der Waals surface area (Å²) in [5, 5.41) is 20.0. The fourth-order valence-electron chi connectivity index (χ4n) is 5.76. The van der Waals surface area contributed by atoms with Crippen LogP contribution in [0.3, 0.4) is 0 Å². The lowest BCUT2D eigenvalue weighted by Gasteiger charge is -2.42. The van der Waals surface area contributed by atoms with Crippen molar-refractivity contribution in [3.8, 4) is 5.75 Å². The molecule has 2 N–H and O–H groups in total. The van der Waals surface area contributed by atoms with E-state index in [4.69, 9.17) is 4.74 Å². The molecule has 2 saturated carbocycles. The molecule has 0 spiro atoms. The molecule has 0 bridgehead atoms. The molecule has 0 amide bonds. The van der Waals surface area contributed by atoms with Gasteiger partial charge in [0.2, 0.25) is 0 Å². The van der Waals surface area contributed by atoms with Crippen LogP contribution in [0.5, 0.6) is 5.75 Å². The monoisotopic (exact) mass is 466 g/mol. The van der Waals surface area contributed by atoms with Crippen LogP contribution in [0.2, 0.25) is 0 Å². The molecule has 0 aliphatic heterocycles. The molecule has 1 aromatic carbocycles. The van der Waals surface area contributed by atoms with Crippen molar-refractivity contribution in [3.63, 3.8) is 0 Å². The van der Waals surface area contributed by atoms with E-state index in [-0.39, 0.29) is 16.0 Å². The van der Waals surface area contributed by atoms with Gasteiger partial charge in [0.15, 0.2) is 0 Å². The smallest absolute Gasteiger partial charge is 0.373 e. The predicted molar refractivity (Wildman–Crippen MR) is 134 cm³/mol. The minimum absolute atomic E-state index is 0.0324. The lowest BCUT2D eigenvalue weighted by molar-refractivity contribution is 0.0862. The summed E-state index contributed by atoms with van der Waals surface area (Å²) in [5.74, 6) is 0.986. The van der Waals surface area contributed by atoms with Crippen LogP contribution in [0.25, 0.3) is 0 Å². The number of carbonyl (C=O) groups excluding carboxylic acids is 1. The second kappa shape index (κ2) is 10.0. The number of aliphatic hydroxyl groups is 2. The number of fused-ring (bicyclic) bond motifs is 1. The maximum Gasteiger partial charge on any atom is 0.373 e. The Labute approximate surface area is 201 Å². The number of ether oxygens (including phenoxy) is 1. The Morgan fingerprint density at radius 2 is 2.03 bits per heavy atom. The van der Waals surface area contributed by atoms with E-state index >= 15 is 0 Å². The van der Waals surface area contributed by atoms with Crippen molar-refractivity contribution in [1.82, 2.24) is 0 Å². The lowest BCUT2D eigenvalue weighted by Crippen LogP contribution is -2.33. The highest BCUT2D eigenvalue weighted by molar-refractivity contribution is 8.14. The van der Waals surface area contributed by atoms with Crippen molar-refractivity contribution in [2.24, 2.45) is 11.3 Å². The minimum atomic E-state index is -0.664. The third-order valence-electron chi connectivity index (χ3n) is 7.53. The van der Waals surface area contributed by atoms with Gasteiger partial charge in [0.1, 0.15) is 5.75 Å². The van der Waals surface area contributed by atoms with Gasteiger partial charge in [0.05, 0.1) is 12.2 Å². The molecule has 0 unspecified atom stereocenters. The fraction of sp³-hybridized carbons (Fsp3) is 0.464. The molecule has 3 aliphatic carbocycles. The van der Waals surface area contributed by atoms with Gasteiger partial charge >= 0.3 is 5.30 Å². The van der Waals surface area contributed by atoms with Gasteiger partial charge in [-0.05, 0) is 85.4 Å². The third kappa shape index (κ3) is 5.21. The fourth-order valence-corrected chi connectivity index (χ4v) is 6.69. The Kier molecular flexibility index (Phi) is 7.32. The van der Waals surface area contributed by atoms with Crippen LogP contribution in [-0.4, -0.2) is 33.0 Å². The van der Waals surface area contributed by atoms with Crippen molar-refractivity contribution < 1.29 is 19.7 Å². The van der Waals surface area contributed by atoms with Crippen LogP contribution in [0.4, 0.5) is 4.79 Å². The van der Waals surface area contributed by atoms with E-state index in [1.54, 1.807) is 12.1 Å². The molecular weight excluding hydrogens is 432 g/mol. The molecule has 176 valence electrons. The largest absolute Gasteiger partial charge is 0.418 e. The maximum absolute atomic E-state index is 12.5. The van der Waals surface area contributed by atoms with Crippen LogP contribution in [0.1, 0.15) is 52.4 Å². The van der Waals surface area contributed by atoms with E-state index in [2.05, 4.69) is 38.7 Å². The van der Waals surface area contributed by atoms with Gasteiger partial charge in [-0.1, -0.05) is 61.1 Å². The molecule has 1 aromatic rings. The first kappa shape index (κ1) is 24.1. The summed E-state index contributed by atoms with van der Waals surface area (Å²) >= 11 is 1.26. The summed E-state index contributed by atoms with van der Waals surface area (Å²) in [6, 6.07) is 9.20. The van der Waals surface area contributed by atoms with Crippen molar-refractivity contribution in [3.05, 3.63) is 77.4 Å². The SMILES string of the molecule is C=C1C(=CC=C2CCC[C@]3(C)C([C@H](C)SC(=O)Oc4ccccc4)=CC[C@@H]23)C[C@@H](O)C[C@@H]1O. The topological polar surface area (TPSA) is 66.8 Å². The maximum atomic E-state index is 12.5. The molecule has 4 rings (SSSR count). The highest BCUT2D eigenvalue weighted by atomic mass is 32.2. The van der Waals surface area contributed by atoms with Gasteiger partial charge in [0, 0.05) is 11.7 Å². The summed E-state index contributed by atoms with van der Waals surface area (Å²) < 4.78 is 5.50. The molecule has 5 atom stereocenters. The standard InChI is InChI=1S/C28H34O4S/c1-18-21(16-22(29)17-26(18)30)12-11-20-8-7-15-28(3)24(13-14-25(20)28)19(2)33-27(31)32-23-9-5-4-6-10-23/h4-6,9-13,19,22,25-26,29-30H,1,7-8,14-17H2,2-3H3/t19-,22+,25-,26-,28+/m0/s1. The molecule has 0 saturated heterocycles. The second-order valence-corrected chi connectivity index (χ2v) is 11.0. The van der Waals surface area contributed by atoms with E-state index in [1.807, 2.05) is 18.2 Å². The van der Waals surface area contributed by atoms with Gasteiger partial charge in [-0.2, -0.15) is 0 Å². The number of hydrogen-bond donors (Lipinski definition) is 2. The van der Waals surface area contributed by atoms with E-state index in [0.717, 1.165) is 36.8 Å². The Hall–Kier alpha value is -2.08. The number of allylic oxidation sites excluding steroid dienone is 4. The van der Waals surface area contributed by atoms with E-state index in [1.165, 1.54) is 22.9 Å². The summed E-state index contributed by atoms with van der Waals surface area (Å²) in [7, 11) is 0. The number of aliphatic hydroxyl groups excluding tert-OH is 2. The Morgan fingerprint density at radius 3 is 2.79 bits per heavy atom. The van der Waals surface area contributed by atoms with E-state index in [0.29, 0.717) is 24.5 Å². The summed E-state index contributed by atoms with van der Waals surface area (Å²) in [5.41, 5.74) is 4.45. The second-order valence-electron chi connectivity index (χ2n) is 9.71. The van der Waals surface area contributed by atoms with Crippen LogP contribution in [0, 0.1) is 11.3 Å². The minimum Gasteiger partial charge on any atom is -0.418 e. The molecule has 3 aliphatic rings. The average molecular weight is 467 g/mol. The number of thioether (sulfide) groups is 1. The Balaban J connectivity index is 1.45. The Morgan fingerprint density at radius 1 is 1.27 bits per heavy atom. The molecule has 5 heteroatoms. The zero-order chi connectivity index (χ0) is 23.6. The molecule has 0 heterocycles. The predicted octanol–water partition coefficient (Wildman–Crippen LogP) is 6.37. The van der Waals surface area contributed by atoms with Crippen LogP contribution >= 0.6 is 11.8 Å². The molecule has 0 aromatic heterocycles. The van der Waals surface area contributed by atoms with Crippen LogP contribution in [0.15, 0.2) is 77.4 Å². The first-order chi connectivity index (χ1) is 15.8. The molecular formula is C28H34O4S. The molecule has 2 fully saturated rings. The van der Waals surface area contributed by atoms with Crippen molar-refractivity contribution in [2.75, 3.05) is 0 Å². The summed E-state index contributed by atoms with van der Waals surface area (Å²) in [6.45, 7) is 8.47. The van der Waals surface area contributed by atoms with Crippen LogP contribution in [-0.2, 0) is 0 Å². The zero-order valence-corrected chi connectivity index (χ0v) is 20.3. The van der Waals surface area contributed by atoms with Gasteiger partial charge in [-0.3, -0.25) is 0 Å². The molecule has 33 heavy (non-hydrogen) atoms. The quantitative estimate of drug-likeness (QED) is 0.399. The number of hydrogen-bond acceptors (Lipinski definition) is 5. The number of carbonyl (C=O) groups is 1. The normalized spacial score (nSPS) is 33.0.